The van der Waals surface area contributed by atoms with E-state index in [9.17, 15) is 9.59 Å². The standard InChI is InChI=1S/C20H23NO4/c1-15(22)16-9-11-18(12-10-16)25-13-5-8-20(23)21-14-17-6-3-4-7-19(17)24-2/h3-4,6-7,9-12H,5,8,13-14H2,1-2H3,(H,21,23). The molecule has 0 heterocycles. The quantitative estimate of drug-likeness (QED) is 0.561. The topological polar surface area (TPSA) is 64.6 Å². The van der Waals surface area contributed by atoms with Crippen molar-refractivity contribution in [3.8, 4) is 11.5 Å². The number of benzene rings is 2. The van der Waals surface area contributed by atoms with Gasteiger partial charge in [-0.1, -0.05) is 18.2 Å². The van der Waals surface area contributed by atoms with Gasteiger partial charge in [-0.25, -0.2) is 0 Å². The third-order valence-electron chi connectivity index (χ3n) is 3.75. The summed E-state index contributed by atoms with van der Waals surface area (Å²) in [7, 11) is 1.61. The van der Waals surface area contributed by atoms with Gasteiger partial charge in [-0.15, -0.1) is 0 Å². The van der Waals surface area contributed by atoms with Gasteiger partial charge < -0.3 is 14.8 Å². The monoisotopic (exact) mass is 341 g/mol. The summed E-state index contributed by atoms with van der Waals surface area (Å²) in [6.07, 6.45) is 1.01. The van der Waals surface area contributed by atoms with E-state index < -0.39 is 0 Å². The number of hydrogen-bond donors (Lipinski definition) is 1. The summed E-state index contributed by atoms with van der Waals surface area (Å²) in [5.74, 6) is 1.46. The number of para-hydroxylation sites is 1. The maximum atomic E-state index is 11.9. The number of hydrogen-bond acceptors (Lipinski definition) is 4. The lowest BCUT2D eigenvalue weighted by Crippen LogP contribution is -2.23. The minimum Gasteiger partial charge on any atom is -0.496 e. The Kier molecular flexibility index (Phi) is 7.01. The molecule has 132 valence electrons. The predicted molar refractivity (Wildman–Crippen MR) is 96.0 cm³/mol. The van der Waals surface area contributed by atoms with Crippen LogP contribution in [0.1, 0.15) is 35.7 Å². The number of rotatable bonds is 9. The Labute approximate surface area is 148 Å². The van der Waals surface area contributed by atoms with E-state index in [1.165, 1.54) is 6.92 Å². The average molecular weight is 341 g/mol. The van der Waals surface area contributed by atoms with Crippen LogP contribution in [0.25, 0.3) is 0 Å². The number of carbonyl (C=O) groups is 2. The van der Waals surface area contributed by atoms with Crippen LogP contribution in [-0.2, 0) is 11.3 Å². The number of ether oxygens (including phenoxy) is 2. The van der Waals surface area contributed by atoms with Gasteiger partial charge in [0.05, 0.1) is 13.7 Å². The highest BCUT2D eigenvalue weighted by Gasteiger charge is 2.05. The largest absolute Gasteiger partial charge is 0.496 e. The molecule has 0 atom stereocenters. The van der Waals surface area contributed by atoms with Crippen molar-refractivity contribution in [2.45, 2.75) is 26.3 Å². The molecule has 1 amide bonds. The molecule has 0 aromatic heterocycles. The minimum absolute atomic E-state index is 0.0262. The number of nitrogens with one attached hydrogen (secondary N) is 1. The fraction of sp³-hybridized carbons (Fsp3) is 0.300. The summed E-state index contributed by atoms with van der Waals surface area (Å²) >= 11 is 0. The second-order valence-electron chi connectivity index (χ2n) is 5.62. The Morgan fingerprint density at radius 3 is 2.44 bits per heavy atom. The number of Topliss-reactive ketones (excluding diaryl/α,β-unsaturated/α-hetero) is 1. The fourth-order valence-electron chi connectivity index (χ4n) is 2.34. The first-order valence-electron chi connectivity index (χ1n) is 8.22. The van der Waals surface area contributed by atoms with Crippen molar-refractivity contribution in [3.05, 3.63) is 59.7 Å². The Hall–Kier alpha value is -2.82. The van der Waals surface area contributed by atoms with Gasteiger partial charge in [0.1, 0.15) is 11.5 Å². The molecule has 0 saturated heterocycles. The number of ketones is 1. The van der Waals surface area contributed by atoms with Crippen LogP contribution >= 0.6 is 0 Å². The SMILES string of the molecule is COc1ccccc1CNC(=O)CCCOc1ccc(C(C)=O)cc1. The first-order chi connectivity index (χ1) is 12.1. The molecule has 0 saturated carbocycles. The van der Waals surface area contributed by atoms with Crippen LogP contribution in [0.5, 0.6) is 11.5 Å². The summed E-state index contributed by atoms with van der Waals surface area (Å²) < 4.78 is 10.8. The summed E-state index contributed by atoms with van der Waals surface area (Å²) in [5.41, 5.74) is 1.60. The second kappa shape index (κ2) is 9.47. The second-order valence-corrected chi connectivity index (χ2v) is 5.62. The molecule has 0 aliphatic carbocycles. The van der Waals surface area contributed by atoms with Crippen molar-refractivity contribution in [1.82, 2.24) is 5.32 Å². The van der Waals surface area contributed by atoms with Crippen molar-refractivity contribution in [1.29, 1.82) is 0 Å². The van der Waals surface area contributed by atoms with Crippen molar-refractivity contribution < 1.29 is 19.1 Å². The van der Waals surface area contributed by atoms with Gasteiger partial charge in [0.25, 0.3) is 0 Å². The molecule has 2 aromatic rings. The molecule has 2 rings (SSSR count). The lowest BCUT2D eigenvalue weighted by Gasteiger charge is -2.10. The summed E-state index contributed by atoms with van der Waals surface area (Å²) in [5, 5.41) is 2.88. The molecule has 0 aliphatic rings. The van der Waals surface area contributed by atoms with Crippen LogP contribution in [-0.4, -0.2) is 25.4 Å². The predicted octanol–water partition coefficient (Wildman–Crippen LogP) is 3.37. The molecule has 0 radical (unpaired) electrons. The van der Waals surface area contributed by atoms with Crippen LogP contribution in [0.2, 0.25) is 0 Å². The van der Waals surface area contributed by atoms with Crippen molar-refractivity contribution in [2.24, 2.45) is 0 Å². The normalized spacial score (nSPS) is 10.2. The van der Waals surface area contributed by atoms with Crippen LogP contribution in [0.3, 0.4) is 0 Å². The smallest absolute Gasteiger partial charge is 0.220 e. The summed E-state index contributed by atoms with van der Waals surface area (Å²) in [6.45, 7) is 2.41. The van der Waals surface area contributed by atoms with E-state index in [-0.39, 0.29) is 11.7 Å². The van der Waals surface area contributed by atoms with Gasteiger partial charge in [0, 0.05) is 24.1 Å². The van der Waals surface area contributed by atoms with Crippen molar-refractivity contribution >= 4 is 11.7 Å². The Bertz CT molecular complexity index is 710. The van der Waals surface area contributed by atoms with Crippen molar-refractivity contribution in [2.75, 3.05) is 13.7 Å². The van der Waals surface area contributed by atoms with E-state index >= 15 is 0 Å². The highest BCUT2D eigenvalue weighted by molar-refractivity contribution is 5.94. The molecule has 2 aromatic carbocycles. The first kappa shape index (κ1) is 18.5. The lowest BCUT2D eigenvalue weighted by molar-refractivity contribution is -0.121. The summed E-state index contributed by atoms with van der Waals surface area (Å²) in [4.78, 5) is 23.1. The van der Waals surface area contributed by atoms with Gasteiger partial charge in [0.15, 0.2) is 5.78 Å². The third-order valence-corrected chi connectivity index (χ3v) is 3.75. The number of amides is 1. The van der Waals surface area contributed by atoms with Gasteiger partial charge in [0.2, 0.25) is 5.91 Å². The minimum atomic E-state index is -0.0265. The van der Waals surface area contributed by atoms with E-state index in [2.05, 4.69) is 5.32 Å². The van der Waals surface area contributed by atoms with E-state index in [1.807, 2.05) is 24.3 Å². The molecular formula is C20H23NO4. The van der Waals surface area contributed by atoms with E-state index in [4.69, 9.17) is 9.47 Å². The van der Waals surface area contributed by atoms with Crippen LogP contribution < -0.4 is 14.8 Å². The maximum absolute atomic E-state index is 11.9. The van der Waals surface area contributed by atoms with E-state index in [1.54, 1.807) is 31.4 Å². The number of methoxy groups -OCH3 is 1. The van der Waals surface area contributed by atoms with Crippen LogP contribution in [0, 0.1) is 0 Å². The highest BCUT2D eigenvalue weighted by atomic mass is 16.5. The third kappa shape index (κ3) is 5.95. The zero-order chi connectivity index (χ0) is 18.1. The molecule has 5 heteroatoms. The Morgan fingerprint density at radius 2 is 1.76 bits per heavy atom. The molecule has 0 unspecified atom stereocenters. The van der Waals surface area contributed by atoms with Crippen molar-refractivity contribution in [3.63, 3.8) is 0 Å². The van der Waals surface area contributed by atoms with Gasteiger partial charge in [-0.05, 0) is 43.7 Å². The van der Waals surface area contributed by atoms with Crippen LogP contribution in [0.15, 0.2) is 48.5 Å². The molecule has 0 bridgehead atoms. The molecule has 0 fully saturated rings. The van der Waals surface area contributed by atoms with E-state index in [0.29, 0.717) is 37.3 Å². The average Bonchev–Trinajstić information content (AvgIpc) is 2.64. The molecule has 25 heavy (non-hydrogen) atoms. The van der Waals surface area contributed by atoms with Crippen LogP contribution in [0.4, 0.5) is 0 Å². The number of carbonyl (C=O) groups excluding carboxylic acids is 2. The molecule has 0 spiro atoms. The first-order valence-corrected chi connectivity index (χ1v) is 8.22. The zero-order valence-electron chi connectivity index (χ0n) is 14.6. The molecule has 0 aliphatic heterocycles. The Morgan fingerprint density at radius 1 is 1.04 bits per heavy atom. The molecular weight excluding hydrogens is 318 g/mol. The zero-order valence-corrected chi connectivity index (χ0v) is 14.6. The fourth-order valence-corrected chi connectivity index (χ4v) is 2.34. The van der Waals surface area contributed by atoms with E-state index in [0.717, 1.165) is 11.3 Å². The molecule has 1 N–H and O–H groups in total. The van der Waals surface area contributed by atoms with Gasteiger partial charge in [-0.3, -0.25) is 9.59 Å². The highest BCUT2D eigenvalue weighted by Crippen LogP contribution is 2.17. The summed E-state index contributed by atoms with van der Waals surface area (Å²) in [6, 6.07) is 14.6. The van der Waals surface area contributed by atoms with Gasteiger partial charge in [-0.2, -0.15) is 0 Å². The maximum Gasteiger partial charge on any atom is 0.220 e. The lowest BCUT2D eigenvalue weighted by atomic mass is 10.1. The molecule has 5 nitrogen and oxygen atoms in total. The Balaban J connectivity index is 1.67. The van der Waals surface area contributed by atoms with Gasteiger partial charge >= 0.3 is 0 Å².